The van der Waals surface area contributed by atoms with Crippen molar-refractivity contribution in [2.24, 2.45) is 0 Å². The van der Waals surface area contributed by atoms with Gasteiger partial charge in [0.1, 0.15) is 18.1 Å². The molecule has 0 aliphatic rings. The second kappa shape index (κ2) is 8.53. The zero-order valence-electron chi connectivity index (χ0n) is 14.8. The second-order valence-electron chi connectivity index (χ2n) is 6.17. The van der Waals surface area contributed by atoms with Crippen molar-refractivity contribution in [3.8, 4) is 11.5 Å². The molecule has 0 unspecified atom stereocenters. The average Bonchev–Trinajstić information content (AvgIpc) is 2.60. The van der Waals surface area contributed by atoms with Crippen molar-refractivity contribution >= 4 is 5.97 Å². The van der Waals surface area contributed by atoms with Gasteiger partial charge in [-0.25, -0.2) is 0 Å². The molecule has 0 atom stereocenters. The van der Waals surface area contributed by atoms with Crippen LogP contribution >= 0.6 is 0 Å². The molecule has 0 amide bonds. The number of methoxy groups -OCH3 is 1. The van der Waals surface area contributed by atoms with Gasteiger partial charge in [-0.05, 0) is 37.6 Å². The highest BCUT2D eigenvalue weighted by atomic mass is 16.5. The van der Waals surface area contributed by atoms with Crippen molar-refractivity contribution in [1.82, 2.24) is 0 Å². The van der Waals surface area contributed by atoms with Crippen LogP contribution in [0.4, 0.5) is 0 Å². The molecule has 0 bridgehead atoms. The summed E-state index contributed by atoms with van der Waals surface area (Å²) in [5, 5.41) is 10.3. The van der Waals surface area contributed by atoms with Crippen LogP contribution in [0, 0.1) is 0 Å². The lowest BCUT2D eigenvalue weighted by molar-refractivity contribution is -0.145. The van der Waals surface area contributed by atoms with E-state index >= 15 is 0 Å². The fraction of sp³-hybridized carbons (Fsp3) is 0.350. The molecule has 0 saturated carbocycles. The zero-order chi connectivity index (χ0) is 18.3. The summed E-state index contributed by atoms with van der Waals surface area (Å²) < 4.78 is 16.1. The highest BCUT2D eigenvalue weighted by Crippen LogP contribution is 2.33. The quantitative estimate of drug-likeness (QED) is 0.743. The van der Waals surface area contributed by atoms with E-state index in [0.29, 0.717) is 17.1 Å². The Balaban J connectivity index is 1.87. The number of ether oxygens (including phenoxy) is 3. The largest absolute Gasteiger partial charge is 0.497 e. The molecule has 0 aliphatic heterocycles. The van der Waals surface area contributed by atoms with E-state index in [9.17, 15) is 9.90 Å². The van der Waals surface area contributed by atoms with Crippen LogP contribution in [0.25, 0.3) is 0 Å². The Morgan fingerprint density at radius 1 is 1.12 bits per heavy atom. The van der Waals surface area contributed by atoms with E-state index in [1.807, 2.05) is 30.3 Å². The molecule has 1 N–H and O–H groups in total. The van der Waals surface area contributed by atoms with Crippen molar-refractivity contribution in [2.75, 3.05) is 13.7 Å². The van der Waals surface area contributed by atoms with Gasteiger partial charge in [-0.2, -0.15) is 0 Å². The van der Waals surface area contributed by atoms with Gasteiger partial charge in [-0.3, -0.25) is 4.79 Å². The third-order valence-corrected chi connectivity index (χ3v) is 3.65. The Labute approximate surface area is 148 Å². The van der Waals surface area contributed by atoms with Crippen LogP contribution in [0.3, 0.4) is 0 Å². The topological polar surface area (TPSA) is 65.0 Å². The molecule has 0 aromatic heterocycles. The van der Waals surface area contributed by atoms with E-state index in [4.69, 9.17) is 14.2 Å². The van der Waals surface area contributed by atoms with Gasteiger partial charge in [0.25, 0.3) is 0 Å². The average molecular weight is 344 g/mol. The van der Waals surface area contributed by atoms with E-state index in [2.05, 4.69) is 0 Å². The highest BCUT2D eigenvalue weighted by molar-refractivity contribution is 5.69. The summed E-state index contributed by atoms with van der Waals surface area (Å²) in [4.78, 5) is 11.8. The summed E-state index contributed by atoms with van der Waals surface area (Å²) in [6.45, 7) is 3.76. The molecular formula is C20H24O5. The smallest absolute Gasteiger partial charge is 0.309 e. The van der Waals surface area contributed by atoms with Gasteiger partial charge < -0.3 is 19.3 Å². The molecular weight excluding hydrogens is 320 g/mol. The zero-order valence-corrected chi connectivity index (χ0v) is 14.8. The van der Waals surface area contributed by atoms with E-state index in [1.165, 1.54) is 0 Å². The summed E-state index contributed by atoms with van der Waals surface area (Å²) in [7, 11) is 1.56. The minimum absolute atomic E-state index is 0.129. The number of hydrogen-bond donors (Lipinski definition) is 1. The third kappa shape index (κ3) is 5.80. The maximum absolute atomic E-state index is 11.8. The minimum Gasteiger partial charge on any atom is -0.497 e. The van der Waals surface area contributed by atoms with Crippen molar-refractivity contribution in [1.29, 1.82) is 0 Å². The van der Waals surface area contributed by atoms with E-state index in [0.717, 1.165) is 5.56 Å². The maximum atomic E-state index is 11.8. The van der Waals surface area contributed by atoms with E-state index in [-0.39, 0.29) is 25.6 Å². The van der Waals surface area contributed by atoms with Crippen LogP contribution in [0.2, 0.25) is 0 Å². The molecule has 0 heterocycles. The molecule has 2 aromatic rings. The lowest BCUT2D eigenvalue weighted by Crippen LogP contribution is -2.18. The molecule has 0 spiro atoms. The number of benzene rings is 2. The highest BCUT2D eigenvalue weighted by Gasteiger charge is 2.22. The van der Waals surface area contributed by atoms with Gasteiger partial charge >= 0.3 is 5.97 Å². The second-order valence-corrected chi connectivity index (χ2v) is 6.17. The summed E-state index contributed by atoms with van der Waals surface area (Å²) >= 11 is 0. The Hall–Kier alpha value is -2.53. The lowest BCUT2D eigenvalue weighted by atomic mass is 9.97. The number of esters is 1. The monoisotopic (exact) mass is 344 g/mol. The van der Waals surface area contributed by atoms with Gasteiger partial charge in [0, 0.05) is 5.56 Å². The van der Waals surface area contributed by atoms with Crippen molar-refractivity contribution < 1.29 is 24.1 Å². The van der Waals surface area contributed by atoms with Crippen molar-refractivity contribution in [2.45, 2.75) is 32.5 Å². The minimum atomic E-state index is -1.09. The fourth-order valence-electron chi connectivity index (χ4n) is 2.29. The SMILES string of the molecule is COc1ccc(OCCC(=O)OCc2ccccc2)c(C(C)(C)O)c1. The van der Waals surface area contributed by atoms with Crippen molar-refractivity contribution in [3.05, 3.63) is 59.7 Å². The molecule has 0 radical (unpaired) electrons. The Bertz CT molecular complexity index is 689. The van der Waals surface area contributed by atoms with Crippen LogP contribution in [0.5, 0.6) is 11.5 Å². The first-order valence-electron chi connectivity index (χ1n) is 8.13. The Morgan fingerprint density at radius 3 is 2.48 bits per heavy atom. The van der Waals surface area contributed by atoms with Crippen LogP contribution in [-0.4, -0.2) is 24.8 Å². The maximum Gasteiger partial charge on any atom is 0.309 e. The van der Waals surface area contributed by atoms with E-state index < -0.39 is 5.60 Å². The van der Waals surface area contributed by atoms with Gasteiger partial charge in [0.05, 0.1) is 25.7 Å². The summed E-state index contributed by atoms with van der Waals surface area (Å²) in [5.74, 6) is 0.818. The molecule has 2 aromatic carbocycles. The summed E-state index contributed by atoms with van der Waals surface area (Å²) in [6, 6.07) is 14.7. The molecule has 0 fully saturated rings. The molecule has 134 valence electrons. The fourth-order valence-corrected chi connectivity index (χ4v) is 2.29. The standard InChI is InChI=1S/C20H24O5/c1-20(2,22)17-13-16(23-3)9-10-18(17)24-12-11-19(21)25-14-15-7-5-4-6-8-15/h4-10,13,22H,11-12,14H2,1-3H3. The number of hydrogen-bond acceptors (Lipinski definition) is 5. The van der Waals surface area contributed by atoms with Gasteiger partial charge in [-0.15, -0.1) is 0 Å². The van der Waals surface area contributed by atoms with E-state index in [1.54, 1.807) is 39.2 Å². The molecule has 0 saturated heterocycles. The van der Waals surface area contributed by atoms with Gasteiger partial charge in [-0.1, -0.05) is 30.3 Å². The van der Waals surface area contributed by atoms with Crippen LogP contribution in [-0.2, 0) is 21.7 Å². The first-order valence-corrected chi connectivity index (χ1v) is 8.13. The predicted octanol–water partition coefficient (Wildman–Crippen LogP) is 3.43. The lowest BCUT2D eigenvalue weighted by Gasteiger charge is -2.22. The summed E-state index contributed by atoms with van der Waals surface area (Å²) in [5.41, 5.74) is 0.457. The normalized spacial score (nSPS) is 11.0. The number of rotatable bonds is 8. The molecule has 5 heteroatoms. The number of carbonyl (C=O) groups is 1. The first kappa shape index (κ1) is 18.8. The Kier molecular flexibility index (Phi) is 6.42. The summed E-state index contributed by atoms with van der Waals surface area (Å²) in [6.07, 6.45) is 0.129. The van der Waals surface area contributed by atoms with Crippen LogP contribution < -0.4 is 9.47 Å². The third-order valence-electron chi connectivity index (χ3n) is 3.65. The molecule has 0 aliphatic carbocycles. The van der Waals surface area contributed by atoms with Gasteiger partial charge in [0.15, 0.2) is 0 Å². The van der Waals surface area contributed by atoms with Crippen LogP contribution in [0.15, 0.2) is 48.5 Å². The van der Waals surface area contributed by atoms with Crippen LogP contribution in [0.1, 0.15) is 31.4 Å². The van der Waals surface area contributed by atoms with Crippen molar-refractivity contribution in [3.63, 3.8) is 0 Å². The Morgan fingerprint density at radius 2 is 1.84 bits per heavy atom. The van der Waals surface area contributed by atoms with Gasteiger partial charge in [0.2, 0.25) is 0 Å². The number of aliphatic hydroxyl groups is 1. The number of carbonyl (C=O) groups excluding carboxylic acids is 1. The predicted molar refractivity (Wildman–Crippen MR) is 94.6 cm³/mol. The molecule has 5 nitrogen and oxygen atoms in total. The molecule has 2 rings (SSSR count). The first-order chi connectivity index (χ1) is 11.9. The molecule has 25 heavy (non-hydrogen) atoms.